The van der Waals surface area contributed by atoms with Crippen molar-refractivity contribution in [2.75, 3.05) is 0 Å². The van der Waals surface area contributed by atoms with Crippen molar-refractivity contribution in [3.63, 3.8) is 0 Å². The van der Waals surface area contributed by atoms with Gasteiger partial charge in [0.15, 0.2) is 11.9 Å². The normalized spacial score (nSPS) is 19.6. The first-order valence-corrected chi connectivity index (χ1v) is 6.55. The molecule has 4 nitrogen and oxygen atoms in total. The summed E-state index contributed by atoms with van der Waals surface area (Å²) in [6.07, 6.45) is 2.44. The van der Waals surface area contributed by atoms with E-state index in [9.17, 15) is 9.59 Å². The Morgan fingerprint density at radius 3 is 2.89 bits per heavy atom. The Morgan fingerprint density at radius 1 is 1.26 bits per heavy atom. The number of carbonyl (C=O) groups excluding carboxylic acids is 2. The van der Waals surface area contributed by atoms with Gasteiger partial charge in [0.25, 0.3) is 0 Å². The Kier molecular flexibility index (Phi) is 3.07. The molecule has 1 saturated carbocycles. The lowest BCUT2D eigenvalue weighted by Crippen LogP contribution is -2.30. The zero-order valence-corrected chi connectivity index (χ0v) is 10.5. The summed E-state index contributed by atoms with van der Waals surface area (Å²) < 4.78 is 5.30. The Bertz CT molecular complexity index is 596. The molecule has 3 rings (SSSR count). The minimum atomic E-state index is -0.562. The maximum Gasteiger partial charge on any atom is 0.355 e. The molecule has 1 atom stereocenters. The second kappa shape index (κ2) is 4.88. The first-order valence-electron chi connectivity index (χ1n) is 6.55. The van der Waals surface area contributed by atoms with Gasteiger partial charge in [-0.25, -0.2) is 4.79 Å². The number of fused-ring (bicyclic) bond motifs is 1. The molecule has 1 aliphatic rings. The van der Waals surface area contributed by atoms with E-state index >= 15 is 0 Å². The minimum Gasteiger partial charge on any atom is -0.450 e. The minimum absolute atomic E-state index is 0.0377. The van der Waals surface area contributed by atoms with Crippen molar-refractivity contribution in [3.8, 4) is 0 Å². The first kappa shape index (κ1) is 12.0. The van der Waals surface area contributed by atoms with E-state index < -0.39 is 12.1 Å². The topological polar surface area (TPSA) is 59.2 Å². The number of para-hydroxylation sites is 1. The van der Waals surface area contributed by atoms with E-state index in [4.69, 9.17) is 4.74 Å². The summed E-state index contributed by atoms with van der Waals surface area (Å²) in [5.74, 6) is -0.410. The lowest BCUT2D eigenvalue weighted by Gasteiger charge is -2.20. The molecule has 2 aromatic rings. The highest BCUT2D eigenvalue weighted by atomic mass is 16.5. The smallest absolute Gasteiger partial charge is 0.355 e. The highest BCUT2D eigenvalue weighted by Gasteiger charge is 2.26. The molecule has 1 aliphatic carbocycles. The van der Waals surface area contributed by atoms with Gasteiger partial charge in [-0.2, -0.15) is 0 Å². The molecule has 0 bridgehead atoms. The number of aromatic nitrogens is 1. The van der Waals surface area contributed by atoms with E-state index in [1.807, 2.05) is 24.3 Å². The van der Waals surface area contributed by atoms with Crippen LogP contribution < -0.4 is 0 Å². The average molecular weight is 257 g/mol. The molecule has 0 amide bonds. The number of ether oxygens (including phenoxy) is 1. The fourth-order valence-electron chi connectivity index (χ4n) is 2.45. The molecule has 0 spiro atoms. The molecule has 4 heteroatoms. The average Bonchev–Trinajstić information content (AvgIpc) is 2.85. The molecule has 1 heterocycles. The van der Waals surface area contributed by atoms with Crippen LogP contribution in [0.15, 0.2) is 30.3 Å². The van der Waals surface area contributed by atoms with Crippen molar-refractivity contribution < 1.29 is 14.3 Å². The number of nitrogens with one attached hydrogen (secondary N) is 1. The Morgan fingerprint density at radius 2 is 2.11 bits per heavy atom. The third-order valence-electron chi connectivity index (χ3n) is 3.50. The van der Waals surface area contributed by atoms with Gasteiger partial charge in [0, 0.05) is 17.3 Å². The zero-order chi connectivity index (χ0) is 13.2. The van der Waals surface area contributed by atoms with Gasteiger partial charge in [-0.15, -0.1) is 0 Å². The summed E-state index contributed by atoms with van der Waals surface area (Å²) >= 11 is 0. The number of aromatic amines is 1. The molecule has 98 valence electrons. The van der Waals surface area contributed by atoms with Crippen molar-refractivity contribution in [1.82, 2.24) is 4.98 Å². The molecule has 1 aromatic heterocycles. The number of rotatable bonds is 2. The van der Waals surface area contributed by atoms with Crippen LogP contribution in [0.3, 0.4) is 0 Å². The standard InChI is InChI=1S/C15H15NO3/c17-13-7-3-4-8-14(13)19-15(18)12-9-10-5-1-2-6-11(10)16-12/h1-2,5-6,9,14,16H,3-4,7-8H2/t14-/m0/s1. The third kappa shape index (κ3) is 2.38. The van der Waals surface area contributed by atoms with E-state index in [0.29, 0.717) is 18.5 Å². The van der Waals surface area contributed by atoms with Crippen LogP contribution in [0.1, 0.15) is 36.2 Å². The third-order valence-corrected chi connectivity index (χ3v) is 3.50. The Labute approximate surface area is 110 Å². The van der Waals surface area contributed by atoms with Gasteiger partial charge < -0.3 is 9.72 Å². The number of Topliss-reactive ketones (excluding diaryl/α,β-unsaturated/α-hetero) is 1. The van der Waals surface area contributed by atoms with Crippen LogP contribution in [-0.4, -0.2) is 22.8 Å². The predicted molar refractivity (Wildman–Crippen MR) is 71.0 cm³/mol. The first-order chi connectivity index (χ1) is 9.24. The Balaban J connectivity index is 1.77. The Hall–Kier alpha value is -2.10. The number of ketones is 1. The van der Waals surface area contributed by atoms with Crippen LogP contribution in [-0.2, 0) is 9.53 Å². The molecular weight excluding hydrogens is 242 g/mol. The quantitative estimate of drug-likeness (QED) is 0.841. The fraction of sp³-hybridized carbons (Fsp3) is 0.333. The van der Waals surface area contributed by atoms with Crippen LogP contribution in [0, 0.1) is 0 Å². The molecule has 0 aliphatic heterocycles. The highest BCUT2D eigenvalue weighted by Crippen LogP contribution is 2.20. The van der Waals surface area contributed by atoms with Crippen molar-refractivity contribution in [2.45, 2.75) is 31.8 Å². The zero-order valence-electron chi connectivity index (χ0n) is 10.5. The van der Waals surface area contributed by atoms with Crippen molar-refractivity contribution in [3.05, 3.63) is 36.0 Å². The molecule has 19 heavy (non-hydrogen) atoms. The van der Waals surface area contributed by atoms with Gasteiger partial charge in [-0.05, 0) is 31.4 Å². The molecule has 1 aromatic carbocycles. The summed E-state index contributed by atoms with van der Waals surface area (Å²) in [5, 5.41) is 0.962. The van der Waals surface area contributed by atoms with E-state index in [2.05, 4.69) is 4.98 Å². The van der Waals surface area contributed by atoms with Crippen LogP contribution in [0.5, 0.6) is 0 Å². The van der Waals surface area contributed by atoms with Gasteiger partial charge in [0.1, 0.15) is 5.69 Å². The summed E-state index contributed by atoms with van der Waals surface area (Å²) in [6.45, 7) is 0. The van der Waals surface area contributed by atoms with E-state index in [1.54, 1.807) is 6.07 Å². The number of benzene rings is 1. The summed E-state index contributed by atoms with van der Waals surface area (Å²) in [4.78, 5) is 26.7. The van der Waals surface area contributed by atoms with Crippen LogP contribution in [0.25, 0.3) is 10.9 Å². The monoisotopic (exact) mass is 257 g/mol. The molecule has 1 fully saturated rings. The molecule has 0 radical (unpaired) electrons. The van der Waals surface area contributed by atoms with Gasteiger partial charge in [-0.3, -0.25) is 4.79 Å². The van der Waals surface area contributed by atoms with E-state index in [0.717, 1.165) is 23.7 Å². The molecule has 1 N–H and O–H groups in total. The second-order valence-corrected chi connectivity index (χ2v) is 4.88. The number of hydrogen-bond acceptors (Lipinski definition) is 3. The summed E-state index contributed by atoms with van der Waals surface area (Å²) in [7, 11) is 0. The molecule has 0 unspecified atom stereocenters. The van der Waals surface area contributed by atoms with Gasteiger partial charge >= 0.3 is 5.97 Å². The second-order valence-electron chi connectivity index (χ2n) is 4.88. The van der Waals surface area contributed by atoms with Crippen LogP contribution in [0.4, 0.5) is 0 Å². The van der Waals surface area contributed by atoms with Gasteiger partial charge in [0.2, 0.25) is 0 Å². The fourth-order valence-corrected chi connectivity index (χ4v) is 2.45. The number of carbonyl (C=O) groups is 2. The number of hydrogen-bond donors (Lipinski definition) is 1. The van der Waals surface area contributed by atoms with Crippen molar-refractivity contribution in [1.29, 1.82) is 0 Å². The van der Waals surface area contributed by atoms with Crippen LogP contribution >= 0.6 is 0 Å². The van der Waals surface area contributed by atoms with E-state index in [1.165, 1.54) is 0 Å². The lowest BCUT2D eigenvalue weighted by atomic mass is 9.96. The van der Waals surface area contributed by atoms with Crippen molar-refractivity contribution >= 4 is 22.7 Å². The van der Waals surface area contributed by atoms with Gasteiger partial charge in [-0.1, -0.05) is 18.2 Å². The molecular formula is C15H15NO3. The summed E-state index contributed by atoms with van der Waals surface area (Å²) in [5.41, 5.74) is 1.30. The maximum atomic E-state index is 12.0. The van der Waals surface area contributed by atoms with E-state index in [-0.39, 0.29) is 5.78 Å². The number of esters is 1. The predicted octanol–water partition coefficient (Wildman–Crippen LogP) is 2.84. The lowest BCUT2D eigenvalue weighted by molar-refractivity contribution is -0.129. The summed E-state index contributed by atoms with van der Waals surface area (Å²) in [6, 6.07) is 9.39. The SMILES string of the molecule is O=C(O[C@H]1CCCCC1=O)c1cc2ccccc2[nH]1. The van der Waals surface area contributed by atoms with Crippen LogP contribution in [0.2, 0.25) is 0 Å². The van der Waals surface area contributed by atoms with Gasteiger partial charge in [0.05, 0.1) is 0 Å². The maximum absolute atomic E-state index is 12.0. The highest BCUT2D eigenvalue weighted by molar-refractivity contribution is 5.96. The largest absolute Gasteiger partial charge is 0.450 e. The molecule has 0 saturated heterocycles. The number of H-pyrrole nitrogens is 1. The van der Waals surface area contributed by atoms with Crippen molar-refractivity contribution in [2.24, 2.45) is 0 Å².